The average Bonchev–Trinajstić information content (AvgIpc) is 2.33. The molecule has 0 saturated heterocycles. The van der Waals surface area contributed by atoms with Gasteiger partial charge >= 0.3 is 0 Å². The minimum absolute atomic E-state index is 0.196. The molecule has 0 aliphatic heterocycles. The Balaban J connectivity index is 2.35. The minimum atomic E-state index is 0.196. The SMILES string of the molecule is CCCOCCC(CO)Cc1cccc(Cl)c1. The van der Waals surface area contributed by atoms with Crippen molar-refractivity contribution in [3.05, 3.63) is 34.9 Å². The van der Waals surface area contributed by atoms with Gasteiger partial charge in [0.1, 0.15) is 0 Å². The summed E-state index contributed by atoms with van der Waals surface area (Å²) in [7, 11) is 0. The Morgan fingerprint density at radius 2 is 2.18 bits per heavy atom. The van der Waals surface area contributed by atoms with Gasteiger partial charge in [-0.15, -0.1) is 0 Å². The van der Waals surface area contributed by atoms with Crippen LogP contribution in [0.15, 0.2) is 24.3 Å². The lowest BCUT2D eigenvalue weighted by Crippen LogP contribution is -2.13. The van der Waals surface area contributed by atoms with Gasteiger partial charge < -0.3 is 9.84 Å². The van der Waals surface area contributed by atoms with E-state index in [-0.39, 0.29) is 12.5 Å². The van der Waals surface area contributed by atoms with Gasteiger partial charge in [0.05, 0.1) is 0 Å². The van der Waals surface area contributed by atoms with Crippen LogP contribution in [-0.2, 0) is 11.2 Å². The topological polar surface area (TPSA) is 29.5 Å². The maximum Gasteiger partial charge on any atom is 0.0469 e. The maximum atomic E-state index is 9.32. The van der Waals surface area contributed by atoms with Crippen LogP contribution in [0.2, 0.25) is 5.02 Å². The first kappa shape index (κ1) is 14.5. The number of rotatable bonds is 8. The molecule has 0 aliphatic carbocycles. The van der Waals surface area contributed by atoms with Crippen LogP contribution < -0.4 is 0 Å². The van der Waals surface area contributed by atoms with Gasteiger partial charge in [0, 0.05) is 24.8 Å². The van der Waals surface area contributed by atoms with Crippen molar-refractivity contribution in [3.63, 3.8) is 0 Å². The fourth-order valence-electron chi connectivity index (χ4n) is 1.75. The number of benzene rings is 1. The fourth-order valence-corrected chi connectivity index (χ4v) is 1.96. The lowest BCUT2D eigenvalue weighted by atomic mass is 9.97. The first-order chi connectivity index (χ1) is 8.26. The van der Waals surface area contributed by atoms with Gasteiger partial charge in [-0.1, -0.05) is 30.7 Å². The number of aliphatic hydroxyl groups excluding tert-OH is 1. The quantitative estimate of drug-likeness (QED) is 0.723. The Bertz CT molecular complexity index is 315. The number of ether oxygens (including phenoxy) is 1. The molecular formula is C14H21ClO2. The Hall–Kier alpha value is -0.570. The molecule has 0 aliphatic rings. The van der Waals surface area contributed by atoms with Crippen molar-refractivity contribution < 1.29 is 9.84 Å². The molecule has 3 heteroatoms. The van der Waals surface area contributed by atoms with E-state index in [4.69, 9.17) is 16.3 Å². The molecule has 1 atom stereocenters. The Labute approximate surface area is 109 Å². The van der Waals surface area contributed by atoms with Crippen LogP contribution in [0.3, 0.4) is 0 Å². The van der Waals surface area contributed by atoms with Crippen LogP contribution in [-0.4, -0.2) is 24.9 Å². The molecule has 0 bridgehead atoms. The predicted molar refractivity (Wildman–Crippen MR) is 71.5 cm³/mol. The number of hydrogen-bond donors (Lipinski definition) is 1. The number of aliphatic hydroxyl groups is 1. The summed E-state index contributed by atoms with van der Waals surface area (Å²) in [6.45, 7) is 3.81. The fraction of sp³-hybridized carbons (Fsp3) is 0.571. The maximum absolute atomic E-state index is 9.32. The van der Waals surface area contributed by atoms with E-state index in [1.165, 1.54) is 5.56 Å². The van der Waals surface area contributed by atoms with E-state index in [1.54, 1.807) is 0 Å². The number of hydrogen-bond acceptors (Lipinski definition) is 2. The highest BCUT2D eigenvalue weighted by Crippen LogP contribution is 2.16. The van der Waals surface area contributed by atoms with Crippen molar-refractivity contribution in [1.29, 1.82) is 0 Å². The molecule has 0 amide bonds. The summed E-state index contributed by atoms with van der Waals surface area (Å²) in [6, 6.07) is 7.81. The third-order valence-corrected chi connectivity index (χ3v) is 2.93. The zero-order valence-electron chi connectivity index (χ0n) is 10.4. The van der Waals surface area contributed by atoms with E-state index in [0.29, 0.717) is 0 Å². The lowest BCUT2D eigenvalue weighted by molar-refractivity contribution is 0.106. The highest BCUT2D eigenvalue weighted by molar-refractivity contribution is 6.30. The molecule has 2 nitrogen and oxygen atoms in total. The van der Waals surface area contributed by atoms with Gasteiger partial charge in [-0.05, 0) is 42.9 Å². The van der Waals surface area contributed by atoms with Crippen LogP contribution in [0.5, 0.6) is 0 Å². The summed E-state index contributed by atoms with van der Waals surface area (Å²) in [6.07, 6.45) is 2.79. The van der Waals surface area contributed by atoms with E-state index in [2.05, 4.69) is 6.92 Å². The van der Waals surface area contributed by atoms with Gasteiger partial charge in [0.15, 0.2) is 0 Å². The first-order valence-electron chi connectivity index (χ1n) is 6.19. The van der Waals surface area contributed by atoms with Crippen molar-refractivity contribution in [1.82, 2.24) is 0 Å². The van der Waals surface area contributed by atoms with Crippen molar-refractivity contribution in [2.24, 2.45) is 5.92 Å². The van der Waals surface area contributed by atoms with Gasteiger partial charge in [0.25, 0.3) is 0 Å². The molecule has 1 aromatic carbocycles. The smallest absolute Gasteiger partial charge is 0.0469 e. The summed E-state index contributed by atoms with van der Waals surface area (Å²) in [5.41, 5.74) is 1.17. The van der Waals surface area contributed by atoms with E-state index in [0.717, 1.165) is 37.5 Å². The van der Waals surface area contributed by atoms with Crippen molar-refractivity contribution in [2.45, 2.75) is 26.2 Å². The van der Waals surface area contributed by atoms with Crippen molar-refractivity contribution >= 4 is 11.6 Å². The standard InChI is InChI=1S/C14H21ClO2/c1-2-7-17-8-6-13(11-16)9-12-4-3-5-14(15)10-12/h3-5,10,13,16H,2,6-9,11H2,1H3. The van der Waals surface area contributed by atoms with Crippen LogP contribution in [0.25, 0.3) is 0 Å². The zero-order chi connectivity index (χ0) is 12.5. The molecule has 0 heterocycles. The first-order valence-corrected chi connectivity index (χ1v) is 6.57. The molecule has 0 radical (unpaired) electrons. The second-order valence-corrected chi connectivity index (χ2v) is 4.72. The third-order valence-electron chi connectivity index (χ3n) is 2.69. The third kappa shape index (κ3) is 6.06. The van der Waals surface area contributed by atoms with E-state index >= 15 is 0 Å². The molecular weight excluding hydrogens is 236 g/mol. The lowest BCUT2D eigenvalue weighted by Gasteiger charge is -2.14. The van der Waals surface area contributed by atoms with Crippen molar-refractivity contribution in [2.75, 3.05) is 19.8 Å². The van der Waals surface area contributed by atoms with Gasteiger partial charge in [-0.3, -0.25) is 0 Å². The second-order valence-electron chi connectivity index (χ2n) is 4.28. The van der Waals surface area contributed by atoms with Gasteiger partial charge in [-0.2, -0.15) is 0 Å². The molecule has 17 heavy (non-hydrogen) atoms. The Kier molecular flexibility index (Phi) is 7.25. The predicted octanol–water partition coefficient (Wildman–Crippen LogP) is 3.31. The molecule has 1 N–H and O–H groups in total. The zero-order valence-corrected chi connectivity index (χ0v) is 11.1. The largest absolute Gasteiger partial charge is 0.396 e. The Morgan fingerprint density at radius 1 is 1.35 bits per heavy atom. The molecule has 0 spiro atoms. The van der Waals surface area contributed by atoms with E-state index in [1.807, 2.05) is 24.3 Å². The highest BCUT2D eigenvalue weighted by Gasteiger charge is 2.08. The van der Waals surface area contributed by atoms with Gasteiger partial charge in [-0.25, -0.2) is 0 Å². The number of halogens is 1. The summed E-state index contributed by atoms with van der Waals surface area (Å²) in [4.78, 5) is 0. The molecule has 96 valence electrons. The summed E-state index contributed by atoms with van der Waals surface area (Å²) in [5, 5.41) is 10.1. The molecule has 1 rings (SSSR count). The monoisotopic (exact) mass is 256 g/mol. The van der Waals surface area contributed by atoms with Crippen LogP contribution in [0, 0.1) is 5.92 Å². The molecule has 0 aromatic heterocycles. The van der Waals surface area contributed by atoms with Gasteiger partial charge in [0.2, 0.25) is 0 Å². The summed E-state index contributed by atoms with van der Waals surface area (Å²) < 4.78 is 5.44. The van der Waals surface area contributed by atoms with Crippen LogP contribution in [0.1, 0.15) is 25.3 Å². The van der Waals surface area contributed by atoms with E-state index < -0.39 is 0 Å². The molecule has 1 unspecified atom stereocenters. The average molecular weight is 257 g/mol. The Morgan fingerprint density at radius 3 is 2.82 bits per heavy atom. The second kappa shape index (κ2) is 8.51. The summed E-state index contributed by atoms with van der Waals surface area (Å²) >= 11 is 5.93. The van der Waals surface area contributed by atoms with Crippen molar-refractivity contribution in [3.8, 4) is 0 Å². The van der Waals surface area contributed by atoms with E-state index in [9.17, 15) is 5.11 Å². The normalized spacial score (nSPS) is 12.6. The molecule has 0 saturated carbocycles. The molecule has 0 fully saturated rings. The highest BCUT2D eigenvalue weighted by atomic mass is 35.5. The van der Waals surface area contributed by atoms with Crippen LogP contribution in [0.4, 0.5) is 0 Å². The van der Waals surface area contributed by atoms with Crippen LogP contribution >= 0.6 is 11.6 Å². The summed E-state index contributed by atoms with van der Waals surface area (Å²) in [5.74, 6) is 0.255. The molecule has 1 aromatic rings. The minimum Gasteiger partial charge on any atom is -0.396 e.